The SMILES string of the molecule is N=C=Nc1ccc(CCCCCCC(=O)ON2C(=O)CCC2=O)c([N+](=O)[O-])c1. The van der Waals surface area contributed by atoms with Gasteiger partial charge in [-0.3, -0.25) is 19.7 Å². The third-order valence-corrected chi connectivity index (χ3v) is 4.23. The fraction of sp³-hybridized carbons (Fsp3) is 0.444. The zero-order valence-corrected chi connectivity index (χ0v) is 15.2. The summed E-state index contributed by atoms with van der Waals surface area (Å²) >= 11 is 0. The summed E-state index contributed by atoms with van der Waals surface area (Å²) in [5, 5.41) is 18.5. The van der Waals surface area contributed by atoms with Gasteiger partial charge in [0.1, 0.15) is 0 Å². The summed E-state index contributed by atoms with van der Waals surface area (Å²) in [5.74, 6) is -1.63. The highest BCUT2D eigenvalue weighted by atomic mass is 16.7. The monoisotopic (exact) mass is 388 g/mol. The van der Waals surface area contributed by atoms with Gasteiger partial charge in [-0.15, -0.1) is 5.06 Å². The predicted molar refractivity (Wildman–Crippen MR) is 96.9 cm³/mol. The van der Waals surface area contributed by atoms with Gasteiger partial charge in [-0.25, -0.2) is 10.2 Å². The number of hydrogen-bond acceptors (Lipinski definition) is 8. The molecule has 1 aliphatic heterocycles. The highest BCUT2D eigenvalue weighted by molar-refractivity contribution is 6.01. The largest absolute Gasteiger partial charge is 0.333 e. The van der Waals surface area contributed by atoms with E-state index in [-0.39, 0.29) is 24.9 Å². The Morgan fingerprint density at radius 3 is 2.54 bits per heavy atom. The Morgan fingerprint density at radius 1 is 1.21 bits per heavy atom. The summed E-state index contributed by atoms with van der Waals surface area (Å²) in [6.45, 7) is 0. The number of nitrogens with one attached hydrogen (secondary N) is 1. The highest BCUT2D eigenvalue weighted by Crippen LogP contribution is 2.26. The molecular formula is C18H20N4O6. The molecule has 0 spiro atoms. The Morgan fingerprint density at radius 2 is 1.89 bits per heavy atom. The first-order chi connectivity index (χ1) is 13.4. The van der Waals surface area contributed by atoms with Crippen molar-refractivity contribution >= 4 is 35.2 Å². The van der Waals surface area contributed by atoms with Crippen LogP contribution >= 0.6 is 0 Å². The summed E-state index contributed by atoms with van der Waals surface area (Å²) in [7, 11) is 0. The lowest BCUT2D eigenvalue weighted by molar-refractivity contribution is -0.385. The van der Waals surface area contributed by atoms with Crippen molar-refractivity contribution in [3.05, 3.63) is 33.9 Å². The average Bonchev–Trinajstić information content (AvgIpc) is 2.97. The van der Waals surface area contributed by atoms with Crippen LogP contribution in [-0.2, 0) is 25.6 Å². The number of hydrogen-bond donors (Lipinski definition) is 1. The number of nitro benzene ring substituents is 1. The minimum atomic E-state index is -0.624. The quantitative estimate of drug-likeness (QED) is 0.214. The third-order valence-electron chi connectivity index (χ3n) is 4.23. The normalized spacial score (nSPS) is 13.4. The van der Waals surface area contributed by atoms with E-state index >= 15 is 0 Å². The molecule has 1 heterocycles. The number of rotatable bonds is 10. The number of hydroxylamine groups is 2. The maximum absolute atomic E-state index is 11.7. The molecular weight excluding hydrogens is 368 g/mol. The van der Waals surface area contributed by atoms with E-state index in [1.54, 1.807) is 12.1 Å². The number of imide groups is 1. The predicted octanol–water partition coefficient (Wildman–Crippen LogP) is 3.08. The van der Waals surface area contributed by atoms with Crippen molar-refractivity contribution in [1.82, 2.24) is 5.06 Å². The molecule has 1 aromatic carbocycles. The zero-order chi connectivity index (χ0) is 20.5. The van der Waals surface area contributed by atoms with Gasteiger partial charge in [-0.2, -0.15) is 4.99 Å². The van der Waals surface area contributed by atoms with Crippen molar-refractivity contribution in [3.63, 3.8) is 0 Å². The number of aryl methyl sites for hydroxylation is 1. The Balaban J connectivity index is 1.71. The van der Waals surface area contributed by atoms with Crippen LogP contribution in [0.1, 0.15) is 50.5 Å². The standard InChI is InChI=1S/C18H20N4O6/c19-12-20-14-8-7-13(15(11-14)22(26)27)5-3-1-2-4-6-18(25)28-21-16(23)9-10-17(21)24/h7-8,11,19H,1-6,9-10H2. The molecule has 0 aliphatic carbocycles. The first-order valence-electron chi connectivity index (χ1n) is 8.88. The Hall–Kier alpha value is -3.39. The molecule has 0 unspecified atom stereocenters. The Labute approximate surface area is 160 Å². The van der Waals surface area contributed by atoms with Crippen molar-refractivity contribution in [2.45, 2.75) is 51.4 Å². The molecule has 10 heteroatoms. The smallest absolute Gasteiger partial charge is 0.330 e. The number of nitrogens with zero attached hydrogens (tertiary/aromatic N) is 3. The van der Waals surface area contributed by atoms with Gasteiger partial charge >= 0.3 is 5.97 Å². The molecule has 28 heavy (non-hydrogen) atoms. The minimum Gasteiger partial charge on any atom is -0.330 e. The van der Waals surface area contributed by atoms with Crippen LogP contribution in [-0.4, -0.2) is 33.8 Å². The third kappa shape index (κ3) is 5.82. The second-order valence-corrected chi connectivity index (χ2v) is 6.25. The summed E-state index contributed by atoms with van der Waals surface area (Å²) in [6.07, 6.45) is 3.42. The molecule has 0 saturated carbocycles. The molecule has 0 aromatic heterocycles. The van der Waals surface area contributed by atoms with E-state index in [2.05, 4.69) is 4.99 Å². The number of benzene rings is 1. The highest BCUT2D eigenvalue weighted by Gasteiger charge is 2.32. The second kappa shape index (κ2) is 10.1. The van der Waals surface area contributed by atoms with Crippen LogP contribution < -0.4 is 0 Å². The summed E-state index contributed by atoms with van der Waals surface area (Å²) in [5.41, 5.74) is 0.846. The lowest BCUT2D eigenvalue weighted by Crippen LogP contribution is -2.31. The molecule has 148 valence electrons. The molecule has 0 radical (unpaired) electrons. The topological polar surface area (TPSA) is 143 Å². The fourth-order valence-electron chi connectivity index (χ4n) is 2.81. The van der Waals surface area contributed by atoms with Gasteiger partial charge in [0.15, 0.2) is 0 Å². The lowest BCUT2D eigenvalue weighted by Gasteiger charge is -2.12. The fourth-order valence-corrected chi connectivity index (χ4v) is 2.81. The van der Waals surface area contributed by atoms with Crippen molar-refractivity contribution in [2.75, 3.05) is 0 Å². The molecule has 2 rings (SSSR count). The van der Waals surface area contributed by atoms with E-state index in [9.17, 15) is 24.5 Å². The lowest BCUT2D eigenvalue weighted by atomic mass is 10.0. The van der Waals surface area contributed by atoms with E-state index in [0.717, 1.165) is 6.42 Å². The van der Waals surface area contributed by atoms with Crippen LogP contribution in [0.3, 0.4) is 0 Å². The number of nitro groups is 1. The van der Waals surface area contributed by atoms with Crippen LogP contribution in [0.4, 0.5) is 11.4 Å². The van der Waals surface area contributed by atoms with E-state index in [4.69, 9.17) is 10.2 Å². The van der Waals surface area contributed by atoms with Crippen LogP contribution in [0, 0.1) is 15.5 Å². The Bertz CT molecular complexity index is 815. The molecule has 1 aromatic rings. The number of amides is 2. The molecule has 1 saturated heterocycles. The van der Waals surface area contributed by atoms with Crippen molar-refractivity contribution in [1.29, 1.82) is 5.41 Å². The Kier molecular flexibility index (Phi) is 7.53. The van der Waals surface area contributed by atoms with Gasteiger partial charge in [0.2, 0.25) is 0 Å². The molecule has 1 N–H and O–H groups in total. The van der Waals surface area contributed by atoms with E-state index in [1.807, 2.05) is 6.01 Å². The summed E-state index contributed by atoms with van der Waals surface area (Å²) in [6, 6.07) is 6.38. The van der Waals surface area contributed by atoms with Crippen molar-refractivity contribution in [3.8, 4) is 0 Å². The number of aliphatic imine (C=N–C) groups is 1. The van der Waals surface area contributed by atoms with E-state index < -0.39 is 22.7 Å². The second-order valence-electron chi connectivity index (χ2n) is 6.25. The molecule has 10 nitrogen and oxygen atoms in total. The van der Waals surface area contributed by atoms with Gasteiger partial charge < -0.3 is 4.84 Å². The zero-order valence-electron chi connectivity index (χ0n) is 15.2. The van der Waals surface area contributed by atoms with E-state index in [1.165, 1.54) is 6.07 Å². The first-order valence-corrected chi connectivity index (χ1v) is 8.88. The van der Waals surface area contributed by atoms with Crippen LogP contribution in [0.2, 0.25) is 0 Å². The number of carbonyl (C=O) groups is 3. The van der Waals surface area contributed by atoms with Crippen LogP contribution in [0.25, 0.3) is 0 Å². The van der Waals surface area contributed by atoms with Gasteiger partial charge in [0.05, 0.1) is 16.6 Å². The summed E-state index contributed by atoms with van der Waals surface area (Å²) in [4.78, 5) is 53.5. The van der Waals surface area contributed by atoms with Gasteiger partial charge in [-0.1, -0.05) is 18.9 Å². The molecule has 1 fully saturated rings. The van der Waals surface area contributed by atoms with Crippen LogP contribution in [0.5, 0.6) is 0 Å². The van der Waals surface area contributed by atoms with Crippen molar-refractivity contribution < 1.29 is 24.1 Å². The van der Waals surface area contributed by atoms with Gasteiger partial charge in [-0.05, 0) is 25.3 Å². The maximum Gasteiger partial charge on any atom is 0.333 e. The van der Waals surface area contributed by atoms with Gasteiger partial charge in [0.25, 0.3) is 17.5 Å². The molecule has 0 bridgehead atoms. The van der Waals surface area contributed by atoms with Crippen molar-refractivity contribution in [2.24, 2.45) is 4.99 Å². The average molecular weight is 388 g/mol. The van der Waals surface area contributed by atoms with Crippen LogP contribution in [0.15, 0.2) is 23.2 Å². The maximum atomic E-state index is 11.7. The minimum absolute atomic E-state index is 0.0416. The van der Waals surface area contributed by atoms with Gasteiger partial charge in [0, 0.05) is 30.9 Å². The molecule has 0 atom stereocenters. The first kappa shape index (κ1) is 20.9. The van der Waals surface area contributed by atoms with E-state index in [0.29, 0.717) is 42.0 Å². The molecule has 2 amide bonds. The number of unbranched alkanes of at least 4 members (excludes halogenated alkanes) is 3. The summed E-state index contributed by atoms with van der Waals surface area (Å²) < 4.78 is 0. The molecule has 1 aliphatic rings. The number of carbonyl (C=O) groups excluding carboxylic acids is 3.